The van der Waals surface area contributed by atoms with Crippen LogP contribution in [0.5, 0.6) is 11.5 Å². The van der Waals surface area contributed by atoms with Gasteiger partial charge in [-0.2, -0.15) is 0 Å². The lowest BCUT2D eigenvalue weighted by Crippen LogP contribution is -2.22. The monoisotopic (exact) mass is 336 g/mol. The number of aliphatic imine (C=N–C) groups is 1. The van der Waals surface area contributed by atoms with Gasteiger partial charge in [0.05, 0.1) is 26.0 Å². The lowest BCUT2D eigenvalue weighted by Gasteiger charge is -2.24. The molecule has 8 nitrogen and oxygen atoms in total. The summed E-state index contributed by atoms with van der Waals surface area (Å²) >= 11 is 0. The first-order valence-electron chi connectivity index (χ1n) is 7.78. The summed E-state index contributed by atoms with van der Waals surface area (Å²) < 4.78 is 12.6. The van der Waals surface area contributed by atoms with Crippen LogP contribution in [0.1, 0.15) is 23.6 Å². The molecule has 3 heterocycles. The molecule has 0 fully saturated rings. The highest BCUT2D eigenvalue weighted by molar-refractivity contribution is 6.02. The Hall–Kier alpha value is -3.29. The molecule has 126 valence electrons. The molecule has 0 spiro atoms. The third-order valence-corrected chi connectivity index (χ3v) is 4.19. The van der Waals surface area contributed by atoms with Gasteiger partial charge in [-0.05, 0) is 28.6 Å². The van der Waals surface area contributed by atoms with E-state index >= 15 is 0 Å². The second-order valence-corrected chi connectivity index (χ2v) is 5.55. The number of fused-ring (bicyclic) bond motifs is 1. The van der Waals surface area contributed by atoms with Crippen molar-refractivity contribution in [3.63, 3.8) is 0 Å². The van der Waals surface area contributed by atoms with Crippen molar-refractivity contribution < 1.29 is 9.47 Å². The summed E-state index contributed by atoms with van der Waals surface area (Å²) in [6.45, 7) is 0. The molecule has 2 aromatic heterocycles. The summed E-state index contributed by atoms with van der Waals surface area (Å²) in [7, 11) is 3.26. The van der Waals surface area contributed by atoms with Gasteiger partial charge >= 0.3 is 0 Å². The number of pyridine rings is 1. The Bertz CT molecular complexity index is 922. The Balaban J connectivity index is 1.80. The van der Waals surface area contributed by atoms with E-state index in [9.17, 15) is 0 Å². The Kier molecular flexibility index (Phi) is 3.85. The summed E-state index contributed by atoms with van der Waals surface area (Å²) in [4.78, 5) is 8.76. The van der Waals surface area contributed by atoms with Crippen LogP contribution in [0.15, 0.2) is 47.7 Å². The highest BCUT2D eigenvalue weighted by atomic mass is 16.5. The van der Waals surface area contributed by atoms with Crippen molar-refractivity contribution in [2.45, 2.75) is 12.5 Å². The molecular formula is C17H16N6O2. The fourth-order valence-corrected chi connectivity index (χ4v) is 2.95. The third-order valence-electron chi connectivity index (χ3n) is 4.19. The zero-order valence-electron chi connectivity index (χ0n) is 13.8. The average molecular weight is 336 g/mol. The first-order valence-corrected chi connectivity index (χ1v) is 7.78. The highest BCUT2D eigenvalue weighted by Gasteiger charge is 2.29. The van der Waals surface area contributed by atoms with Crippen LogP contribution in [0.25, 0.3) is 0 Å². The summed E-state index contributed by atoms with van der Waals surface area (Å²) in [6, 6.07) is 9.47. The van der Waals surface area contributed by atoms with Gasteiger partial charge in [-0.25, -0.2) is 9.67 Å². The molecule has 1 unspecified atom stereocenters. The lowest BCUT2D eigenvalue weighted by atomic mass is 9.96. The van der Waals surface area contributed by atoms with E-state index in [1.807, 2.05) is 30.3 Å². The molecule has 0 N–H and O–H groups in total. The number of benzene rings is 1. The predicted octanol–water partition coefficient (Wildman–Crippen LogP) is 2.20. The minimum Gasteiger partial charge on any atom is -0.497 e. The Labute approximate surface area is 144 Å². The number of tetrazole rings is 1. The molecule has 0 amide bonds. The predicted molar refractivity (Wildman–Crippen MR) is 90.6 cm³/mol. The van der Waals surface area contributed by atoms with Crippen LogP contribution < -0.4 is 9.47 Å². The van der Waals surface area contributed by atoms with Crippen LogP contribution in [-0.2, 0) is 0 Å². The van der Waals surface area contributed by atoms with Crippen LogP contribution >= 0.6 is 0 Å². The van der Waals surface area contributed by atoms with Crippen molar-refractivity contribution in [2.75, 3.05) is 14.2 Å². The van der Waals surface area contributed by atoms with Crippen LogP contribution in [0.4, 0.5) is 5.95 Å². The number of hydrogen-bond donors (Lipinski definition) is 0. The molecule has 0 saturated carbocycles. The van der Waals surface area contributed by atoms with E-state index in [4.69, 9.17) is 9.47 Å². The normalized spacial score (nSPS) is 16.1. The SMILES string of the molecule is COc1ccc(C2CC(c3cccnc3)=Nc3nnnn32)c(OC)c1. The first kappa shape index (κ1) is 15.3. The molecule has 3 aromatic rings. The maximum atomic E-state index is 5.56. The molecule has 0 radical (unpaired) electrons. The fraction of sp³-hybridized carbons (Fsp3) is 0.235. The Morgan fingerprint density at radius 2 is 2.08 bits per heavy atom. The van der Waals surface area contributed by atoms with Gasteiger partial charge in [-0.3, -0.25) is 4.98 Å². The number of nitrogens with zero attached hydrogens (tertiary/aromatic N) is 6. The first-order chi connectivity index (χ1) is 12.3. The molecule has 8 heteroatoms. The minimum absolute atomic E-state index is 0.126. The van der Waals surface area contributed by atoms with E-state index in [0.717, 1.165) is 28.3 Å². The van der Waals surface area contributed by atoms with E-state index in [0.29, 0.717) is 12.4 Å². The Morgan fingerprint density at radius 3 is 2.84 bits per heavy atom. The molecule has 1 atom stereocenters. The second kappa shape index (κ2) is 6.31. The molecule has 0 saturated heterocycles. The van der Waals surface area contributed by atoms with Crippen LogP contribution in [0, 0.1) is 0 Å². The minimum atomic E-state index is -0.126. The van der Waals surface area contributed by atoms with Crippen molar-refractivity contribution in [1.82, 2.24) is 25.2 Å². The molecule has 0 aliphatic carbocycles. The van der Waals surface area contributed by atoms with Crippen molar-refractivity contribution in [1.29, 1.82) is 0 Å². The number of hydrogen-bond acceptors (Lipinski definition) is 7. The lowest BCUT2D eigenvalue weighted by molar-refractivity contribution is 0.382. The quantitative estimate of drug-likeness (QED) is 0.726. The Morgan fingerprint density at radius 1 is 1.16 bits per heavy atom. The summed E-state index contributed by atoms with van der Waals surface area (Å²) in [5, 5.41) is 11.9. The largest absolute Gasteiger partial charge is 0.497 e. The second-order valence-electron chi connectivity index (χ2n) is 5.55. The molecule has 0 bridgehead atoms. The highest BCUT2D eigenvalue weighted by Crippen LogP contribution is 2.37. The van der Waals surface area contributed by atoms with Gasteiger partial charge in [-0.15, -0.1) is 0 Å². The molecule has 1 aliphatic heterocycles. The van der Waals surface area contributed by atoms with E-state index in [-0.39, 0.29) is 6.04 Å². The summed E-state index contributed by atoms with van der Waals surface area (Å²) in [5.41, 5.74) is 2.81. The third kappa shape index (κ3) is 2.71. The van der Waals surface area contributed by atoms with Gasteiger partial charge in [0.25, 0.3) is 5.95 Å². The molecule has 1 aliphatic rings. The average Bonchev–Trinajstić information content (AvgIpc) is 3.16. The van der Waals surface area contributed by atoms with Crippen molar-refractivity contribution in [2.24, 2.45) is 4.99 Å². The zero-order valence-corrected chi connectivity index (χ0v) is 13.8. The van der Waals surface area contributed by atoms with E-state index < -0.39 is 0 Å². The molecule has 4 rings (SSSR count). The topological polar surface area (TPSA) is 87.3 Å². The van der Waals surface area contributed by atoms with Crippen LogP contribution in [0.2, 0.25) is 0 Å². The zero-order chi connectivity index (χ0) is 17.2. The summed E-state index contributed by atoms with van der Waals surface area (Å²) in [5.74, 6) is 1.92. The van der Waals surface area contributed by atoms with Gasteiger partial charge in [-0.1, -0.05) is 11.2 Å². The van der Waals surface area contributed by atoms with Crippen LogP contribution in [-0.4, -0.2) is 45.1 Å². The molecular weight excluding hydrogens is 320 g/mol. The number of methoxy groups -OCH3 is 2. The summed E-state index contributed by atoms with van der Waals surface area (Å²) in [6.07, 6.45) is 4.16. The van der Waals surface area contributed by atoms with Crippen LogP contribution in [0.3, 0.4) is 0 Å². The number of ether oxygens (including phenoxy) is 2. The van der Waals surface area contributed by atoms with Crippen molar-refractivity contribution in [3.05, 3.63) is 53.9 Å². The standard InChI is InChI=1S/C17H16N6O2/c1-24-12-5-6-13(16(8-12)25-2)15-9-14(11-4-3-7-18-10-11)19-17-20-21-22-23(15)17/h3-8,10,15H,9H2,1-2H3. The van der Waals surface area contributed by atoms with E-state index in [1.54, 1.807) is 31.3 Å². The van der Waals surface area contributed by atoms with Gasteiger partial charge in [0.2, 0.25) is 0 Å². The maximum Gasteiger partial charge on any atom is 0.269 e. The van der Waals surface area contributed by atoms with Gasteiger partial charge in [0.1, 0.15) is 11.5 Å². The van der Waals surface area contributed by atoms with E-state index in [1.165, 1.54) is 0 Å². The number of rotatable bonds is 4. The van der Waals surface area contributed by atoms with Crippen molar-refractivity contribution >= 4 is 11.7 Å². The molecule has 1 aromatic carbocycles. The number of aromatic nitrogens is 5. The van der Waals surface area contributed by atoms with Gasteiger partial charge < -0.3 is 9.47 Å². The smallest absolute Gasteiger partial charge is 0.269 e. The molecule has 25 heavy (non-hydrogen) atoms. The maximum absolute atomic E-state index is 5.56. The van der Waals surface area contributed by atoms with Crippen molar-refractivity contribution in [3.8, 4) is 11.5 Å². The fourth-order valence-electron chi connectivity index (χ4n) is 2.95. The van der Waals surface area contributed by atoms with Gasteiger partial charge in [0.15, 0.2) is 0 Å². The van der Waals surface area contributed by atoms with E-state index in [2.05, 4.69) is 25.5 Å². The van der Waals surface area contributed by atoms with Gasteiger partial charge in [0, 0.05) is 36.0 Å².